The minimum absolute atomic E-state index is 0.0404. The predicted octanol–water partition coefficient (Wildman–Crippen LogP) is 1.51. The number of halogens is 3. The number of fused-ring (bicyclic) bond motifs is 4. The number of carbonyl (C=O) groups excluding carboxylic acids is 2. The van der Waals surface area contributed by atoms with Crippen LogP contribution in [0.2, 0.25) is 0 Å². The number of carbonyl (C=O) groups is 2. The van der Waals surface area contributed by atoms with Crippen molar-refractivity contribution in [1.29, 1.82) is 0 Å². The molecule has 0 radical (unpaired) electrons. The van der Waals surface area contributed by atoms with Gasteiger partial charge in [-0.3, -0.25) is 15.0 Å². The zero-order chi connectivity index (χ0) is 28.9. The number of alkyl halides is 3. The van der Waals surface area contributed by atoms with E-state index in [4.69, 9.17) is 0 Å². The van der Waals surface area contributed by atoms with Gasteiger partial charge in [0.05, 0.1) is 29.9 Å². The number of hydrogen-bond donors (Lipinski definition) is 2. The monoisotopic (exact) mass is 591 g/mol. The lowest BCUT2D eigenvalue weighted by molar-refractivity contribution is -0.149. The van der Waals surface area contributed by atoms with E-state index >= 15 is 0 Å². The van der Waals surface area contributed by atoms with Crippen molar-refractivity contribution in [1.82, 2.24) is 15.3 Å². The molecule has 0 saturated carbocycles. The first-order valence-electron chi connectivity index (χ1n) is 11.4. The number of amides is 3. The van der Waals surface area contributed by atoms with Crippen molar-refractivity contribution in [3.63, 3.8) is 0 Å². The van der Waals surface area contributed by atoms with Crippen molar-refractivity contribution >= 4 is 55.0 Å². The molecule has 2 N–H and O–H groups in total. The lowest BCUT2D eigenvalue weighted by Gasteiger charge is -2.35. The highest BCUT2D eigenvalue weighted by Crippen LogP contribution is 2.39. The van der Waals surface area contributed by atoms with E-state index in [2.05, 4.69) is 15.3 Å². The molecule has 2 aliphatic heterocycles. The molecule has 0 unspecified atom stereocenters. The Kier molecular flexibility index (Phi) is 7.13. The van der Waals surface area contributed by atoms with Crippen molar-refractivity contribution in [2.24, 2.45) is 0 Å². The quantitative estimate of drug-likeness (QED) is 0.507. The number of aromatic nitrogens is 2. The van der Waals surface area contributed by atoms with Gasteiger partial charge in [-0.25, -0.2) is 31.6 Å². The van der Waals surface area contributed by atoms with Gasteiger partial charge in [0.25, 0.3) is 5.91 Å². The minimum Gasteiger partial charge on any atom is -0.366 e. The van der Waals surface area contributed by atoms with Crippen LogP contribution >= 0.6 is 0 Å². The summed E-state index contributed by atoms with van der Waals surface area (Å²) in [5, 5.41) is 4.32. The molecule has 4 heterocycles. The summed E-state index contributed by atoms with van der Waals surface area (Å²) in [5.74, 6) is -1.21. The van der Waals surface area contributed by atoms with E-state index in [1.54, 1.807) is 0 Å². The van der Waals surface area contributed by atoms with E-state index in [0.717, 1.165) is 25.3 Å². The summed E-state index contributed by atoms with van der Waals surface area (Å²) < 4.78 is 87.4. The molecule has 2 atom stereocenters. The number of urea groups is 1. The van der Waals surface area contributed by atoms with Crippen molar-refractivity contribution in [3.05, 3.63) is 36.2 Å². The Morgan fingerprint density at radius 2 is 1.79 bits per heavy atom. The topological polar surface area (TPSA) is 162 Å². The molecule has 0 aliphatic carbocycles. The predicted molar refractivity (Wildman–Crippen MR) is 136 cm³/mol. The molecule has 1 fully saturated rings. The van der Waals surface area contributed by atoms with Gasteiger partial charge in [0.1, 0.15) is 17.6 Å². The Hall–Kier alpha value is -3.67. The largest absolute Gasteiger partial charge is 0.408 e. The number of nitrogens with one attached hydrogen (secondary N) is 2. The molecule has 39 heavy (non-hydrogen) atoms. The van der Waals surface area contributed by atoms with Crippen LogP contribution in [0.3, 0.4) is 0 Å². The zero-order valence-electron chi connectivity index (χ0n) is 20.8. The molecule has 3 amide bonds. The number of hydrogen-bond acceptors (Lipinski definition) is 9. The van der Waals surface area contributed by atoms with E-state index in [0.29, 0.717) is 37.7 Å². The van der Waals surface area contributed by atoms with Crippen LogP contribution in [0.5, 0.6) is 0 Å². The molecule has 2 aromatic heterocycles. The Labute approximate surface area is 222 Å². The average Bonchev–Trinajstić information content (AvgIpc) is 3.20. The van der Waals surface area contributed by atoms with Crippen LogP contribution in [-0.4, -0.2) is 82.6 Å². The van der Waals surface area contributed by atoms with Gasteiger partial charge in [0, 0.05) is 25.4 Å². The lowest BCUT2D eigenvalue weighted by Crippen LogP contribution is -2.49. The third kappa shape index (κ3) is 5.85. The summed E-state index contributed by atoms with van der Waals surface area (Å²) in [6, 6.07) is 1.65. The van der Waals surface area contributed by atoms with Crippen LogP contribution in [0.15, 0.2) is 30.5 Å². The summed E-state index contributed by atoms with van der Waals surface area (Å²) in [7, 11) is -8.50. The van der Waals surface area contributed by atoms with Gasteiger partial charge in [0.2, 0.25) is 20.0 Å². The van der Waals surface area contributed by atoms with Gasteiger partial charge in [-0.2, -0.15) is 16.9 Å². The van der Waals surface area contributed by atoms with Crippen molar-refractivity contribution in [2.45, 2.75) is 31.6 Å². The Morgan fingerprint density at radius 1 is 1.13 bits per heavy atom. The molecular weight excluding hydrogens is 567 g/mol. The van der Waals surface area contributed by atoms with E-state index in [1.165, 1.54) is 17.0 Å². The Morgan fingerprint density at radius 3 is 2.41 bits per heavy atom. The van der Waals surface area contributed by atoms with Crippen molar-refractivity contribution < 1.29 is 39.6 Å². The SMILES string of the molecule is C[C@@H](NC(=O)c1ccc2c(n1)N(C(=O)Nc1cc(N(S(C)(=O)=O)S(C)(=O)=O)ccn1)[C@H]1CCN2C1)C(F)(F)F. The van der Waals surface area contributed by atoms with Gasteiger partial charge >= 0.3 is 12.2 Å². The molecule has 4 rings (SSSR count). The summed E-state index contributed by atoms with van der Waals surface area (Å²) in [6.07, 6.45) is -1.61. The summed E-state index contributed by atoms with van der Waals surface area (Å²) in [5.41, 5.74) is -0.129. The maximum absolute atomic E-state index is 13.4. The highest BCUT2D eigenvalue weighted by molar-refractivity contribution is 8.09. The van der Waals surface area contributed by atoms with Crippen LogP contribution in [0, 0.1) is 0 Å². The van der Waals surface area contributed by atoms with Crippen LogP contribution in [-0.2, 0) is 20.0 Å². The number of nitrogens with zero attached hydrogens (tertiary/aromatic N) is 5. The second-order valence-corrected chi connectivity index (χ2v) is 13.0. The molecular formula is C21H24F3N7O6S2. The van der Waals surface area contributed by atoms with Crippen LogP contribution < -0.4 is 24.1 Å². The molecule has 2 aromatic rings. The number of pyridine rings is 2. The standard InChI is InChI=1S/C21H24F3N7O6S2/c1-12(21(22,23)24)26-19(32)15-4-5-16-18(27-15)30(14-7-9-29(16)11-14)20(33)28-17-10-13(6-8-25-17)31(38(2,34)35)39(3,36)37/h4-6,8,10,12,14H,7,9,11H2,1-3H3,(H,26,32)(H,25,28,33)/t12-,14+/m1/s1. The molecule has 212 valence electrons. The fourth-order valence-corrected chi connectivity index (χ4v) is 7.31. The summed E-state index contributed by atoms with van der Waals surface area (Å²) in [4.78, 5) is 37.2. The van der Waals surface area contributed by atoms with Gasteiger partial charge in [-0.05, 0) is 31.5 Å². The second-order valence-electron chi connectivity index (χ2n) is 9.09. The molecule has 13 nitrogen and oxygen atoms in total. The van der Waals surface area contributed by atoms with Gasteiger partial charge in [-0.15, -0.1) is 0 Å². The van der Waals surface area contributed by atoms with Crippen LogP contribution in [0.1, 0.15) is 23.8 Å². The first-order valence-corrected chi connectivity index (χ1v) is 15.1. The number of sulfonamides is 2. The maximum Gasteiger partial charge on any atom is 0.408 e. The highest BCUT2D eigenvalue weighted by atomic mass is 32.3. The van der Waals surface area contributed by atoms with Gasteiger partial charge in [0.15, 0.2) is 5.82 Å². The zero-order valence-corrected chi connectivity index (χ0v) is 22.4. The summed E-state index contributed by atoms with van der Waals surface area (Å²) >= 11 is 0. The third-order valence-electron chi connectivity index (χ3n) is 6.03. The fourth-order valence-electron chi connectivity index (χ4n) is 4.35. The average molecular weight is 592 g/mol. The molecule has 1 saturated heterocycles. The first kappa shape index (κ1) is 28.3. The highest BCUT2D eigenvalue weighted by Gasteiger charge is 2.41. The normalized spacial score (nSPS) is 17.8. The van der Waals surface area contributed by atoms with Crippen molar-refractivity contribution in [3.8, 4) is 0 Å². The minimum atomic E-state index is -4.66. The Bertz CT molecular complexity index is 1500. The van der Waals surface area contributed by atoms with Crippen molar-refractivity contribution in [2.75, 3.05) is 44.4 Å². The van der Waals surface area contributed by atoms with E-state index in [-0.39, 0.29) is 26.7 Å². The first-order chi connectivity index (χ1) is 18.0. The number of rotatable bonds is 6. The number of anilines is 4. The van der Waals surface area contributed by atoms with Crippen LogP contribution in [0.4, 0.5) is 41.0 Å². The molecule has 18 heteroatoms. The van der Waals surface area contributed by atoms with E-state index in [9.17, 15) is 39.6 Å². The van der Waals surface area contributed by atoms with E-state index in [1.807, 2.05) is 10.2 Å². The summed E-state index contributed by atoms with van der Waals surface area (Å²) in [6.45, 7) is 1.78. The van der Waals surface area contributed by atoms with E-state index < -0.39 is 50.2 Å². The van der Waals surface area contributed by atoms with Gasteiger partial charge < -0.3 is 10.2 Å². The smallest absolute Gasteiger partial charge is 0.366 e. The second kappa shape index (κ2) is 9.82. The molecule has 2 bridgehead atoms. The fraction of sp³-hybridized carbons (Fsp3) is 0.429. The molecule has 2 aliphatic rings. The molecule has 0 aromatic carbocycles. The van der Waals surface area contributed by atoms with Gasteiger partial charge in [-0.1, -0.05) is 0 Å². The molecule has 0 spiro atoms. The third-order valence-corrected chi connectivity index (χ3v) is 9.28. The Balaban J connectivity index is 1.65. The lowest BCUT2D eigenvalue weighted by atomic mass is 10.1. The maximum atomic E-state index is 13.4. The van der Waals surface area contributed by atoms with Crippen LogP contribution in [0.25, 0.3) is 0 Å².